The number of benzene rings is 2. The van der Waals surface area contributed by atoms with Crippen molar-refractivity contribution < 1.29 is 23.7 Å². The molecule has 0 N–H and O–H groups in total. The van der Waals surface area contributed by atoms with Gasteiger partial charge >= 0.3 is 0 Å². The number of carbonyl (C=O) groups is 1. The van der Waals surface area contributed by atoms with Gasteiger partial charge in [0.1, 0.15) is 11.5 Å². The Bertz CT molecular complexity index is 1150. The first-order valence-electron chi connectivity index (χ1n) is 11.9. The molecule has 0 radical (unpaired) electrons. The highest BCUT2D eigenvalue weighted by Crippen LogP contribution is 2.67. The van der Waals surface area contributed by atoms with Gasteiger partial charge in [0.15, 0.2) is 23.3 Å². The second-order valence-corrected chi connectivity index (χ2v) is 9.96. The highest BCUT2D eigenvalue weighted by atomic mass is 16.8. The van der Waals surface area contributed by atoms with E-state index in [4.69, 9.17) is 18.9 Å². The maximum absolute atomic E-state index is 13.9. The number of methoxy groups -OCH3 is 2. The Hall–Kier alpha value is -2.63. The van der Waals surface area contributed by atoms with Gasteiger partial charge in [-0.25, -0.2) is 0 Å². The minimum Gasteiger partial charge on any atom is -0.497 e. The van der Waals surface area contributed by atoms with E-state index in [1.54, 1.807) is 14.2 Å². The van der Waals surface area contributed by atoms with E-state index >= 15 is 0 Å². The van der Waals surface area contributed by atoms with Gasteiger partial charge in [0, 0.05) is 6.42 Å². The van der Waals surface area contributed by atoms with Crippen LogP contribution in [0.15, 0.2) is 48.0 Å². The molecule has 2 aromatic carbocycles. The zero-order valence-corrected chi connectivity index (χ0v) is 19.5. The van der Waals surface area contributed by atoms with E-state index in [0.29, 0.717) is 0 Å². The van der Waals surface area contributed by atoms with Crippen LogP contribution in [0.5, 0.6) is 11.5 Å². The molecule has 4 atom stereocenters. The van der Waals surface area contributed by atoms with Crippen LogP contribution in [-0.4, -0.2) is 31.9 Å². The first-order valence-corrected chi connectivity index (χ1v) is 11.9. The summed E-state index contributed by atoms with van der Waals surface area (Å²) in [5.74, 6) is 0.986. The Morgan fingerprint density at radius 1 is 0.970 bits per heavy atom. The molecule has 1 saturated carbocycles. The molecule has 0 unspecified atom stereocenters. The molecule has 5 nitrogen and oxygen atoms in total. The second kappa shape index (κ2) is 7.18. The maximum Gasteiger partial charge on any atom is 0.183 e. The molecule has 2 aliphatic heterocycles. The number of hydrogen-bond acceptors (Lipinski definition) is 5. The topological polar surface area (TPSA) is 54.0 Å². The summed E-state index contributed by atoms with van der Waals surface area (Å²) in [5.41, 5.74) is 2.90. The van der Waals surface area contributed by atoms with E-state index in [0.717, 1.165) is 66.7 Å². The van der Waals surface area contributed by atoms with E-state index in [-0.39, 0.29) is 5.78 Å². The molecule has 5 heteroatoms. The normalized spacial score (nSPS) is 35.5. The number of Topliss-reactive ketones (excluding diaryl/α,β-unsaturated/α-hetero) is 1. The summed E-state index contributed by atoms with van der Waals surface area (Å²) in [5, 5.41) is 0. The quantitative estimate of drug-likeness (QED) is 0.648. The van der Waals surface area contributed by atoms with E-state index in [2.05, 4.69) is 18.2 Å². The van der Waals surface area contributed by atoms with Crippen molar-refractivity contribution in [1.82, 2.24) is 0 Å². The fourth-order valence-electron chi connectivity index (χ4n) is 6.51. The van der Waals surface area contributed by atoms with E-state index < -0.39 is 22.9 Å². The van der Waals surface area contributed by atoms with Crippen molar-refractivity contribution in [2.45, 2.75) is 62.9 Å². The molecule has 2 spiro atoms. The van der Waals surface area contributed by atoms with Crippen LogP contribution in [0.4, 0.5) is 0 Å². The first-order chi connectivity index (χ1) is 16.0. The molecule has 2 aliphatic carbocycles. The Balaban J connectivity index is 1.53. The standard InChI is InChI=1S/C28H30O5/c1-26-14-4-5-15-27(26)32-25(24(26)29)28(33-27)20(16-18-6-10-21(30-2)11-7-18)9-8-19-17-22(31-3)12-13-23(19)28/h6-7,10-13,16-17,25H,4-5,8-9,14-15H2,1-3H3/b20-16+/t25-,26+,27-,28+/m0/s1. The lowest BCUT2D eigenvalue weighted by molar-refractivity contribution is -0.249. The molecule has 2 heterocycles. The number of carbonyl (C=O) groups excluding carboxylic acids is 1. The predicted molar refractivity (Wildman–Crippen MR) is 124 cm³/mol. The number of ketones is 1. The van der Waals surface area contributed by atoms with E-state index in [9.17, 15) is 4.79 Å². The number of aryl methyl sites for hydroxylation is 1. The van der Waals surface area contributed by atoms with Crippen LogP contribution in [0, 0.1) is 5.41 Å². The molecule has 33 heavy (non-hydrogen) atoms. The molecule has 4 aliphatic rings. The molecule has 2 bridgehead atoms. The number of rotatable bonds is 3. The Kier molecular flexibility index (Phi) is 4.56. The van der Waals surface area contributed by atoms with Gasteiger partial charge in [-0.3, -0.25) is 4.79 Å². The van der Waals surface area contributed by atoms with Crippen LogP contribution in [0.3, 0.4) is 0 Å². The van der Waals surface area contributed by atoms with Gasteiger partial charge in [-0.2, -0.15) is 0 Å². The Morgan fingerprint density at radius 3 is 2.45 bits per heavy atom. The lowest BCUT2D eigenvalue weighted by Gasteiger charge is -2.50. The molecular weight excluding hydrogens is 416 g/mol. The van der Waals surface area contributed by atoms with Crippen molar-refractivity contribution >= 4 is 11.9 Å². The number of ether oxygens (including phenoxy) is 4. The average molecular weight is 447 g/mol. The average Bonchev–Trinajstić information content (AvgIpc) is 3.30. The van der Waals surface area contributed by atoms with Crippen LogP contribution in [0.2, 0.25) is 0 Å². The Morgan fingerprint density at radius 2 is 1.70 bits per heavy atom. The summed E-state index contributed by atoms with van der Waals surface area (Å²) < 4.78 is 24.5. The minimum atomic E-state index is -0.895. The van der Waals surface area contributed by atoms with Gasteiger partial charge in [0.25, 0.3) is 0 Å². The summed E-state index contributed by atoms with van der Waals surface area (Å²) in [7, 11) is 3.35. The third kappa shape index (κ3) is 2.69. The van der Waals surface area contributed by atoms with Gasteiger partial charge in [0.05, 0.1) is 19.6 Å². The van der Waals surface area contributed by atoms with E-state index in [1.165, 1.54) is 5.56 Å². The third-order valence-electron chi connectivity index (χ3n) is 8.37. The molecule has 6 rings (SSSR count). The van der Waals surface area contributed by atoms with Gasteiger partial charge in [0.2, 0.25) is 0 Å². The monoisotopic (exact) mass is 446 g/mol. The fourth-order valence-corrected chi connectivity index (χ4v) is 6.51. The minimum absolute atomic E-state index is 0.192. The van der Waals surface area contributed by atoms with Gasteiger partial charge in [-0.05, 0) is 79.1 Å². The smallest absolute Gasteiger partial charge is 0.183 e. The summed E-state index contributed by atoms with van der Waals surface area (Å²) in [6.07, 6.45) is 6.85. The highest BCUT2D eigenvalue weighted by molar-refractivity contribution is 5.95. The van der Waals surface area contributed by atoms with Crippen molar-refractivity contribution in [2.24, 2.45) is 5.41 Å². The van der Waals surface area contributed by atoms with Crippen LogP contribution in [-0.2, 0) is 26.3 Å². The molecule has 2 aromatic rings. The lowest BCUT2D eigenvalue weighted by atomic mass is 9.61. The molecule has 2 saturated heterocycles. The van der Waals surface area contributed by atoms with Crippen molar-refractivity contribution in [3.63, 3.8) is 0 Å². The van der Waals surface area contributed by atoms with Gasteiger partial charge in [-0.1, -0.05) is 30.7 Å². The van der Waals surface area contributed by atoms with Crippen molar-refractivity contribution in [1.29, 1.82) is 0 Å². The Labute approximate surface area is 194 Å². The molecular formula is C28H30O5. The zero-order valence-electron chi connectivity index (χ0n) is 19.5. The number of hydrogen-bond donors (Lipinski definition) is 0. The molecule has 0 amide bonds. The summed E-state index contributed by atoms with van der Waals surface area (Å²) in [4.78, 5) is 13.9. The summed E-state index contributed by atoms with van der Waals surface area (Å²) >= 11 is 0. The van der Waals surface area contributed by atoms with E-state index in [1.807, 2.05) is 37.3 Å². The predicted octanol–water partition coefficient (Wildman–Crippen LogP) is 5.20. The second-order valence-electron chi connectivity index (χ2n) is 9.96. The summed E-state index contributed by atoms with van der Waals surface area (Å²) in [6, 6.07) is 14.1. The third-order valence-corrected chi connectivity index (χ3v) is 8.37. The van der Waals surface area contributed by atoms with Crippen LogP contribution in [0.1, 0.15) is 55.7 Å². The fraction of sp³-hybridized carbons (Fsp3) is 0.464. The largest absolute Gasteiger partial charge is 0.497 e. The molecule has 0 aromatic heterocycles. The molecule has 3 fully saturated rings. The van der Waals surface area contributed by atoms with Crippen molar-refractivity contribution in [3.8, 4) is 11.5 Å². The number of fused-ring (bicyclic) bond motifs is 4. The first kappa shape index (κ1) is 20.9. The summed E-state index contributed by atoms with van der Waals surface area (Å²) in [6.45, 7) is 2.05. The van der Waals surface area contributed by atoms with Crippen LogP contribution in [0.25, 0.3) is 6.08 Å². The van der Waals surface area contributed by atoms with Gasteiger partial charge < -0.3 is 18.9 Å². The molecule has 172 valence electrons. The maximum atomic E-state index is 13.9. The van der Waals surface area contributed by atoms with Gasteiger partial charge in [-0.15, -0.1) is 0 Å². The van der Waals surface area contributed by atoms with Crippen molar-refractivity contribution in [3.05, 3.63) is 64.7 Å². The SMILES string of the molecule is COc1ccc(/C=C2\CCc3cc(OC)ccc3[C@]23O[C@@]24CCCC[C@]2(C)C(=O)[C@@H]3O4)cc1. The zero-order chi connectivity index (χ0) is 22.8. The highest BCUT2D eigenvalue weighted by Gasteiger charge is 2.77. The van der Waals surface area contributed by atoms with Crippen LogP contribution < -0.4 is 9.47 Å². The van der Waals surface area contributed by atoms with Crippen LogP contribution >= 0.6 is 0 Å². The van der Waals surface area contributed by atoms with Crippen molar-refractivity contribution in [2.75, 3.05) is 14.2 Å². The lowest BCUT2D eigenvalue weighted by Crippen LogP contribution is -2.59.